The van der Waals surface area contributed by atoms with E-state index in [1.807, 2.05) is 6.07 Å². The molecule has 0 radical (unpaired) electrons. The zero-order valence-corrected chi connectivity index (χ0v) is 14.2. The summed E-state index contributed by atoms with van der Waals surface area (Å²) < 4.78 is 36.9. The highest BCUT2D eigenvalue weighted by Crippen LogP contribution is 2.33. The molecule has 1 aromatic rings. The van der Waals surface area contributed by atoms with E-state index in [4.69, 9.17) is 24.4 Å². The van der Waals surface area contributed by atoms with E-state index < -0.39 is 12.1 Å². The lowest BCUT2D eigenvalue weighted by molar-refractivity contribution is -0.192. The van der Waals surface area contributed by atoms with Gasteiger partial charge in [-0.1, -0.05) is 0 Å². The van der Waals surface area contributed by atoms with Gasteiger partial charge < -0.3 is 14.8 Å². The van der Waals surface area contributed by atoms with E-state index in [0.717, 1.165) is 37.9 Å². The summed E-state index contributed by atoms with van der Waals surface area (Å²) >= 11 is 0. The maximum absolute atomic E-state index is 12.5. The number of alkyl halides is 3. The molecule has 3 heterocycles. The molecule has 2 fully saturated rings. The summed E-state index contributed by atoms with van der Waals surface area (Å²) in [7, 11) is 0. The van der Waals surface area contributed by atoms with Gasteiger partial charge in [0, 0.05) is 24.0 Å². The van der Waals surface area contributed by atoms with Gasteiger partial charge in [-0.15, -0.1) is 0 Å². The Kier molecular flexibility index (Phi) is 6.81. The van der Waals surface area contributed by atoms with E-state index in [1.165, 1.54) is 5.06 Å². The van der Waals surface area contributed by atoms with Crippen LogP contribution in [0.1, 0.15) is 36.6 Å². The number of amides is 1. The van der Waals surface area contributed by atoms with Crippen LogP contribution in [-0.2, 0) is 14.4 Å². The second-order valence-electron chi connectivity index (χ2n) is 5.99. The Balaban J connectivity index is 0.000000321. The van der Waals surface area contributed by atoms with Crippen molar-refractivity contribution < 1.29 is 37.1 Å². The third-order valence-electron chi connectivity index (χ3n) is 4.17. The Morgan fingerprint density at radius 3 is 2.44 bits per heavy atom. The topological polar surface area (TPSA) is 116 Å². The smallest absolute Gasteiger partial charge is 0.475 e. The second kappa shape index (κ2) is 8.88. The van der Waals surface area contributed by atoms with Crippen molar-refractivity contribution in [3.63, 3.8) is 0 Å². The number of nitrogens with zero attached hydrogens (tertiary/aromatic N) is 2. The Hall–Kier alpha value is -2.58. The Bertz CT molecular complexity index is 707. The number of carbonyl (C=O) groups excluding carboxylic acids is 1. The minimum absolute atomic E-state index is 0.0270. The molecule has 27 heavy (non-hydrogen) atoms. The van der Waals surface area contributed by atoms with Gasteiger partial charge in [0.2, 0.25) is 11.7 Å². The number of furan rings is 1. The molecule has 0 aromatic carbocycles. The fraction of sp³-hybridized carbons (Fsp3) is 0.562. The van der Waals surface area contributed by atoms with E-state index in [9.17, 15) is 18.0 Å². The zero-order chi connectivity index (χ0) is 20.0. The normalized spacial score (nSPS) is 20.5. The summed E-state index contributed by atoms with van der Waals surface area (Å²) in [5.41, 5.74) is 0.835. The van der Waals surface area contributed by atoms with E-state index >= 15 is 0 Å². The average Bonchev–Trinajstić information content (AvgIpc) is 3.30. The van der Waals surface area contributed by atoms with Gasteiger partial charge in [-0.05, 0) is 25.9 Å². The standard InChI is InChI=1S/C14H17N3O3.C2HF3O2/c15-8-12-7-11(9-19-12)13-3-6-20-17(13)14(18)10-1-4-16-5-2-10;3-2(4,5)1(6)7/h7,9-10,13,16H,1-6H2;(H,6,7)/t13-;/m0./s1. The van der Waals surface area contributed by atoms with E-state index in [2.05, 4.69) is 5.32 Å². The molecule has 2 aliphatic heterocycles. The fourth-order valence-corrected chi connectivity index (χ4v) is 2.82. The number of carboxylic acids is 1. The summed E-state index contributed by atoms with van der Waals surface area (Å²) in [6.07, 6.45) is -1.11. The molecule has 0 saturated carbocycles. The Morgan fingerprint density at radius 2 is 1.93 bits per heavy atom. The van der Waals surface area contributed by atoms with Crippen LogP contribution >= 0.6 is 0 Å². The van der Waals surface area contributed by atoms with Crippen molar-refractivity contribution in [2.75, 3.05) is 19.7 Å². The van der Waals surface area contributed by atoms with Gasteiger partial charge in [-0.2, -0.15) is 18.4 Å². The first-order valence-electron chi connectivity index (χ1n) is 8.19. The molecule has 0 spiro atoms. The van der Waals surface area contributed by atoms with Crippen LogP contribution in [0.3, 0.4) is 0 Å². The predicted octanol–water partition coefficient (Wildman–Crippen LogP) is 1.99. The minimum Gasteiger partial charge on any atom is -0.475 e. The van der Waals surface area contributed by atoms with Crippen LogP contribution in [0.2, 0.25) is 0 Å². The zero-order valence-electron chi connectivity index (χ0n) is 14.2. The second-order valence-corrected chi connectivity index (χ2v) is 5.99. The molecule has 0 aliphatic carbocycles. The number of hydrogen-bond acceptors (Lipinski definition) is 6. The summed E-state index contributed by atoms with van der Waals surface area (Å²) in [5, 5.41) is 20.7. The van der Waals surface area contributed by atoms with E-state index in [-0.39, 0.29) is 23.6 Å². The Labute approximate surface area is 152 Å². The van der Waals surface area contributed by atoms with Gasteiger partial charge in [-0.25, -0.2) is 9.86 Å². The number of nitriles is 1. The average molecular weight is 389 g/mol. The quantitative estimate of drug-likeness (QED) is 0.795. The highest BCUT2D eigenvalue weighted by atomic mass is 19.4. The first-order valence-corrected chi connectivity index (χ1v) is 8.19. The highest BCUT2D eigenvalue weighted by Gasteiger charge is 2.38. The van der Waals surface area contributed by atoms with Crippen molar-refractivity contribution in [3.05, 3.63) is 23.7 Å². The number of nitrogens with one attached hydrogen (secondary N) is 1. The molecule has 1 amide bonds. The summed E-state index contributed by atoms with van der Waals surface area (Å²) in [5.74, 6) is -2.42. The number of carboxylic acid groups (broad SMARTS) is 1. The maximum atomic E-state index is 12.5. The van der Waals surface area contributed by atoms with Crippen molar-refractivity contribution in [1.29, 1.82) is 5.26 Å². The first-order chi connectivity index (χ1) is 12.7. The fourth-order valence-electron chi connectivity index (χ4n) is 2.82. The van der Waals surface area contributed by atoms with Crippen LogP contribution in [-0.4, -0.2) is 47.9 Å². The lowest BCUT2D eigenvalue weighted by Gasteiger charge is -2.28. The van der Waals surface area contributed by atoms with Gasteiger partial charge in [0.1, 0.15) is 6.07 Å². The van der Waals surface area contributed by atoms with Crippen LogP contribution < -0.4 is 5.32 Å². The number of hydrogen-bond donors (Lipinski definition) is 2. The number of carbonyl (C=O) groups is 2. The number of aliphatic carboxylic acids is 1. The van der Waals surface area contributed by atoms with Crippen LogP contribution in [0.15, 0.2) is 16.7 Å². The SMILES string of the molecule is N#Cc1cc([C@@H]2CCON2C(=O)C2CCNCC2)co1.O=C(O)C(F)(F)F. The number of hydroxylamine groups is 2. The van der Waals surface area contributed by atoms with E-state index in [1.54, 1.807) is 12.3 Å². The van der Waals surface area contributed by atoms with Gasteiger partial charge in [-0.3, -0.25) is 9.63 Å². The first kappa shape index (κ1) is 20.7. The van der Waals surface area contributed by atoms with E-state index in [0.29, 0.717) is 6.61 Å². The summed E-state index contributed by atoms with van der Waals surface area (Å²) in [6, 6.07) is 3.51. The largest absolute Gasteiger partial charge is 0.490 e. The molecule has 1 atom stereocenters. The molecule has 0 bridgehead atoms. The molecule has 11 heteroatoms. The van der Waals surface area contributed by atoms with Crippen molar-refractivity contribution in [2.24, 2.45) is 5.92 Å². The van der Waals surface area contributed by atoms with Gasteiger partial charge in [0.15, 0.2) is 0 Å². The maximum Gasteiger partial charge on any atom is 0.490 e. The third kappa shape index (κ3) is 5.45. The van der Waals surface area contributed by atoms with Crippen LogP contribution in [0.4, 0.5) is 13.2 Å². The van der Waals surface area contributed by atoms with Crippen molar-refractivity contribution in [3.8, 4) is 6.07 Å². The molecule has 148 valence electrons. The number of rotatable bonds is 2. The molecular weight excluding hydrogens is 371 g/mol. The lowest BCUT2D eigenvalue weighted by atomic mass is 9.96. The van der Waals surface area contributed by atoms with Gasteiger partial charge >= 0.3 is 12.1 Å². The molecular formula is C16H18F3N3O5. The van der Waals surface area contributed by atoms with Gasteiger partial charge in [0.25, 0.3) is 0 Å². The Morgan fingerprint density at radius 1 is 1.30 bits per heavy atom. The molecule has 2 saturated heterocycles. The number of halogens is 3. The molecule has 2 aliphatic rings. The number of piperidine rings is 1. The highest BCUT2D eigenvalue weighted by molar-refractivity contribution is 5.78. The summed E-state index contributed by atoms with van der Waals surface area (Å²) in [4.78, 5) is 27.0. The monoisotopic (exact) mass is 389 g/mol. The van der Waals surface area contributed by atoms with Crippen LogP contribution in [0.25, 0.3) is 0 Å². The van der Waals surface area contributed by atoms with Gasteiger partial charge in [0.05, 0.1) is 18.9 Å². The molecule has 3 rings (SSSR count). The molecule has 0 unspecified atom stereocenters. The van der Waals surface area contributed by atoms with Crippen LogP contribution in [0.5, 0.6) is 0 Å². The summed E-state index contributed by atoms with van der Waals surface area (Å²) in [6.45, 7) is 2.27. The lowest BCUT2D eigenvalue weighted by Crippen LogP contribution is -2.40. The molecule has 8 nitrogen and oxygen atoms in total. The molecule has 2 N–H and O–H groups in total. The van der Waals surface area contributed by atoms with Crippen molar-refractivity contribution in [2.45, 2.75) is 31.5 Å². The van der Waals surface area contributed by atoms with Crippen molar-refractivity contribution in [1.82, 2.24) is 10.4 Å². The third-order valence-corrected chi connectivity index (χ3v) is 4.17. The predicted molar refractivity (Wildman–Crippen MR) is 82.9 cm³/mol. The minimum atomic E-state index is -5.08. The van der Waals surface area contributed by atoms with Crippen molar-refractivity contribution >= 4 is 11.9 Å². The van der Waals surface area contributed by atoms with Crippen LogP contribution in [0, 0.1) is 17.2 Å². The molecule has 1 aromatic heterocycles.